The highest BCUT2D eigenvalue weighted by atomic mass is 16.3. The van der Waals surface area contributed by atoms with Crippen LogP contribution >= 0.6 is 0 Å². The number of aliphatic hydroxyl groups excluding tert-OH is 1. The molecule has 1 amide bonds. The highest BCUT2D eigenvalue weighted by Crippen LogP contribution is 2.15. The van der Waals surface area contributed by atoms with Crippen molar-refractivity contribution in [2.24, 2.45) is 0 Å². The molecule has 2 aromatic rings. The summed E-state index contributed by atoms with van der Waals surface area (Å²) in [5.74, 6) is -0.199. The Morgan fingerprint density at radius 1 is 1.09 bits per heavy atom. The third kappa shape index (κ3) is 4.33. The van der Waals surface area contributed by atoms with Crippen LogP contribution in [-0.2, 0) is 0 Å². The lowest BCUT2D eigenvalue weighted by molar-refractivity contribution is 0.0916. The third-order valence-corrected chi connectivity index (χ3v) is 3.27. The number of rotatable bonds is 6. The second-order valence-corrected chi connectivity index (χ2v) is 5.50. The molecule has 4 nitrogen and oxygen atoms in total. The first kappa shape index (κ1) is 16.0. The molecule has 0 aliphatic carbocycles. The average molecular weight is 298 g/mol. The van der Waals surface area contributed by atoms with Gasteiger partial charge < -0.3 is 15.7 Å². The Balaban J connectivity index is 2.11. The largest absolute Gasteiger partial charge is 0.394 e. The summed E-state index contributed by atoms with van der Waals surface area (Å²) in [7, 11) is 0. The van der Waals surface area contributed by atoms with E-state index in [4.69, 9.17) is 0 Å². The lowest BCUT2D eigenvalue weighted by Crippen LogP contribution is -2.30. The molecule has 22 heavy (non-hydrogen) atoms. The Hall–Kier alpha value is -2.33. The van der Waals surface area contributed by atoms with E-state index in [9.17, 15) is 9.90 Å². The number of aliphatic hydroxyl groups is 1. The quantitative estimate of drug-likeness (QED) is 0.768. The lowest BCUT2D eigenvalue weighted by Gasteiger charge is -2.17. The third-order valence-electron chi connectivity index (χ3n) is 3.27. The summed E-state index contributed by atoms with van der Waals surface area (Å²) in [5, 5.41) is 15.7. The highest BCUT2D eigenvalue weighted by Gasteiger charge is 2.15. The zero-order chi connectivity index (χ0) is 15.9. The average Bonchev–Trinajstić information content (AvgIpc) is 2.53. The molecule has 3 N–H and O–H groups in total. The Labute approximate surface area is 131 Å². The number of nitrogens with one attached hydrogen (secondary N) is 2. The van der Waals surface area contributed by atoms with Crippen LogP contribution in [0.15, 0.2) is 54.6 Å². The molecule has 0 fully saturated rings. The van der Waals surface area contributed by atoms with Crippen molar-refractivity contribution in [2.45, 2.75) is 25.9 Å². The molecule has 116 valence electrons. The second kappa shape index (κ2) is 7.61. The SMILES string of the molecule is CC(C)Nc1cccc(C(=O)N[C@H](CO)c2ccccc2)c1. The summed E-state index contributed by atoms with van der Waals surface area (Å²) in [6.45, 7) is 3.95. The van der Waals surface area contributed by atoms with E-state index in [1.807, 2.05) is 62.4 Å². The number of carbonyl (C=O) groups excluding carboxylic acids is 1. The predicted molar refractivity (Wildman–Crippen MR) is 88.9 cm³/mol. The van der Waals surface area contributed by atoms with E-state index < -0.39 is 6.04 Å². The molecular formula is C18H22N2O2. The van der Waals surface area contributed by atoms with Gasteiger partial charge in [0.05, 0.1) is 12.6 Å². The van der Waals surface area contributed by atoms with Gasteiger partial charge in [-0.05, 0) is 37.6 Å². The molecule has 0 aromatic heterocycles. The Morgan fingerprint density at radius 3 is 2.45 bits per heavy atom. The second-order valence-electron chi connectivity index (χ2n) is 5.50. The first-order valence-corrected chi connectivity index (χ1v) is 7.43. The maximum absolute atomic E-state index is 12.4. The van der Waals surface area contributed by atoms with Crippen molar-refractivity contribution in [1.29, 1.82) is 0 Å². The van der Waals surface area contributed by atoms with Crippen molar-refractivity contribution in [1.82, 2.24) is 5.32 Å². The minimum absolute atomic E-state index is 0.139. The molecule has 2 aromatic carbocycles. The fraction of sp³-hybridized carbons (Fsp3) is 0.278. The maximum atomic E-state index is 12.4. The molecule has 0 saturated heterocycles. The molecule has 0 radical (unpaired) electrons. The summed E-state index contributed by atoms with van der Waals surface area (Å²) in [6.07, 6.45) is 0. The summed E-state index contributed by atoms with van der Waals surface area (Å²) in [5.41, 5.74) is 2.36. The zero-order valence-electron chi connectivity index (χ0n) is 12.9. The van der Waals surface area contributed by atoms with E-state index in [0.717, 1.165) is 11.3 Å². The van der Waals surface area contributed by atoms with Crippen molar-refractivity contribution in [3.05, 3.63) is 65.7 Å². The van der Waals surface area contributed by atoms with Gasteiger partial charge in [-0.25, -0.2) is 0 Å². The molecule has 0 aliphatic heterocycles. The minimum atomic E-state index is -0.407. The van der Waals surface area contributed by atoms with Gasteiger partial charge in [0.15, 0.2) is 0 Å². The number of hydrogen-bond acceptors (Lipinski definition) is 3. The van der Waals surface area contributed by atoms with Crippen LogP contribution in [0.1, 0.15) is 35.8 Å². The fourth-order valence-electron chi connectivity index (χ4n) is 2.24. The van der Waals surface area contributed by atoms with Crippen LogP contribution in [0.5, 0.6) is 0 Å². The summed E-state index contributed by atoms with van der Waals surface area (Å²) < 4.78 is 0. The van der Waals surface area contributed by atoms with Gasteiger partial charge in [0.1, 0.15) is 0 Å². The molecule has 0 aliphatic rings. The van der Waals surface area contributed by atoms with Crippen molar-refractivity contribution < 1.29 is 9.90 Å². The van der Waals surface area contributed by atoms with Crippen molar-refractivity contribution in [2.75, 3.05) is 11.9 Å². The van der Waals surface area contributed by atoms with Gasteiger partial charge in [-0.1, -0.05) is 36.4 Å². The standard InChI is InChI=1S/C18H22N2O2/c1-13(2)19-16-10-6-9-15(11-16)18(22)20-17(12-21)14-7-4-3-5-8-14/h3-11,13,17,19,21H,12H2,1-2H3,(H,20,22)/t17-/m1/s1. The van der Waals surface area contributed by atoms with Gasteiger partial charge in [-0.2, -0.15) is 0 Å². The number of anilines is 1. The van der Waals surface area contributed by atoms with E-state index in [2.05, 4.69) is 10.6 Å². The summed E-state index contributed by atoms with van der Waals surface area (Å²) in [4.78, 5) is 12.4. The van der Waals surface area contributed by atoms with Crippen molar-refractivity contribution >= 4 is 11.6 Å². The van der Waals surface area contributed by atoms with Crippen molar-refractivity contribution in [3.63, 3.8) is 0 Å². The normalized spacial score (nSPS) is 12.0. The van der Waals surface area contributed by atoms with Crippen LogP contribution < -0.4 is 10.6 Å². The molecule has 0 saturated carbocycles. The van der Waals surface area contributed by atoms with E-state index in [1.165, 1.54) is 0 Å². The first-order valence-electron chi connectivity index (χ1n) is 7.43. The Morgan fingerprint density at radius 2 is 1.82 bits per heavy atom. The molecule has 4 heteroatoms. The van der Waals surface area contributed by atoms with E-state index in [0.29, 0.717) is 11.6 Å². The lowest BCUT2D eigenvalue weighted by atomic mass is 10.1. The van der Waals surface area contributed by atoms with Gasteiger partial charge in [-0.15, -0.1) is 0 Å². The van der Waals surface area contributed by atoms with Crippen LogP contribution in [0.4, 0.5) is 5.69 Å². The molecular weight excluding hydrogens is 276 g/mol. The minimum Gasteiger partial charge on any atom is -0.394 e. The molecule has 0 unspecified atom stereocenters. The van der Waals surface area contributed by atoms with Crippen LogP contribution in [-0.4, -0.2) is 23.7 Å². The number of carbonyl (C=O) groups is 1. The summed E-state index contributed by atoms with van der Waals surface area (Å²) >= 11 is 0. The fourth-order valence-corrected chi connectivity index (χ4v) is 2.24. The molecule has 0 spiro atoms. The van der Waals surface area contributed by atoms with Gasteiger partial charge in [-0.3, -0.25) is 4.79 Å². The first-order chi connectivity index (χ1) is 10.6. The van der Waals surface area contributed by atoms with Gasteiger partial charge in [0, 0.05) is 17.3 Å². The molecule has 0 heterocycles. The predicted octanol–water partition coefficient (Wildman–Crippen LogP) is 2.97. The van der Waals surface area contributed by atoms with Crippen LogP contribution in [0.3, 0.4) is 0 Å². The topological polar surface area (TPSA) is 61.4 Å². The van der Waals surface area contributed by atoms with E-state index in [1.54, 1.807) is 6.07 Å². The molecule has 2 rings (SSSR count). The van der Waals surface area contributed by atoms with Gasteiger partial charge in [0.2, 0.25) is 0 Å². The van der Waals surface area contributed by atoms with Crippen LogP contribution in [0.25, 0.3) is 0 Å². The van der Waals surface area contributed by atoms with E-state index in [-0.39, 0.29) is 12.5 Å². The Kier molecular flexibility index (Phi) is 5.55. The highest BCUT2D eigenvalue weighted by molar-refractivity contribution is 5.95. The van der Waals surface area contributed by atoms with Gasteiger partial charge >= 0.3 is 0 Å². The monoisotopic (exact) mass is 298 g/mol. The number of benzene rings is 2. The number of hydrogen-bond donors (Lipinski definition) is 3. The van der Waals surface area contributed by atoms with Gasteiger partial charge in [0.25, 0.3) is 5.91 Å². The summed E-state index contributed by atoms with van der Waals surface area (Å²) in [6, 6.07) is 16.7. The Bertz CT molecular complexity index is 611. The zero-order valence-corrected chi connectivity index (χ0v) is 12.9. The van der Waals surface area contributed by atoms with E-state index >= 15 is 0 Å². The molecule has 1 atom stereocenters. The number of amides is 1. The van der Waals surface area contributed by atoms with Crippen LogP contribution in [0.2, 0.25) is 0 Å². The smallest absolute Gasteiger partial charge is 0.251 e. The van der Waals surface area contributed by atoms with Crippen molar-refractivity contribution in [3.8, 4) is 0 Å². The molecule has 0 bridgehead atoms. The van der Waals surface area contributed by atoms with Crippen LogP contribution in [0, 0.1) is 0 Å². The maximum Gasteiger partial charge on any atom is 0.251 e.